The minimum Gasteiger partial charge on any atom is -0.347 e. The van der Waals surface area contributed by atoms with Crippen LogP contribution in [-0.2, 0) is 6.54 Å². The normalized spacial score (nSPS) is 11.1. The van der Waals surface area contributed by atoms with Crippen molar-refractivity contribution in [2.75, 3.05) is 0 Å². The summed E-state index contributed by atoms with van der Waals surface area (Å²) in [7, 11) is 0. The molecule has 0 spiro atoms. The van der Waals surface area contributed by atoms with Crippen LogP contribution in [0, 0.1) is 20.8 Å². The molecule has 17 heavy (non-hydrogen) atoms. The average molecular weight is 229 g/mol. The second-order valence-corrected chi connectivity index (χ2v) is 4.81. The van der Waals surface area contributed by atoms with E-state index < -0.39 is 0 Å². The zero-order valence-electron chi connectivity index (χ0n) is 11.0. The molecule has 0 unspecified atom stereocenters. The number of hydrogen-bond donors (Lipinski definition) is 0. The maximum atomic E-state index is 12.2. The standard InChI is InChI=1S/C15H19NO/c1-5-6-16-9-12(4)15(17)14-11(3)7-10(2)8-13(14)16/h7-9H,5-6H2,1-4H3. The summed E-state index contributed by atoms with van der Waals surface area (Å²) in [5.41, 5.74) is 4.37. The molecular weight excluding hydrogens is 210 g/mol. The quantitative estimate of drug-likeness (QED) is 0.774. The SMILES string of the molecule is CCCn1cc(C)c(=O)c2c(C)cc(C)cc21. The molecule has 0 saturated heterocycles. The zero-order valence-corrected chi connectivity index (χ0v) is 11.0. The molecule has 2 heteroatoms. The molecule has 0 bridgehead atoms. The molecular formula is C15H19NO. The van der Waals surface area contributed by atoms with E-state index in [0.717, 1.165) is 35.0 Å². The van der Waals surface area contributed by atoms with E-state index in [1.165, 1.54) is 5.56 Å². The Bertz CT molecular complexity index is 623. The van der Waals surface area contributed by atoms with E-state index in [0.29, 0.717) is 0 Å². The molecule has 2 nitrogen and oxygen atoms in total. The van der Waals surface area contributed by atoms with E-state index in [1.54, 1.807) is 0 Å². The van der Waals surface area contributed by atoms with Gasteiger partial charge in [-0.3, -0.25) is 4.79 Å². The van der Waals surface area contributed by atoms with Gasteiger partial charge in [-0.05, 0) is 44.4 Å². The van der Waals surface area contributed by atoms with Crippen LogP contribution < -0.4 is 5.43 Å². The third-order valence-electron chi connectivity index (χ3n) is 3.17. The molecule has 1 aromatic carbocycles. The van der Waals surface area contributed by atoms with Crippen LogP contribution in [0.1, 0.15) is 30.0 Å². The number of aryl methyl sites for hydroxylation is 4. The molecule has 0 atom stereocenters. The summed E-state index contributed by atoms with van der Waals surface area (Å²) < 4.78 is 2.20. The first kappa shape index (κ1) is 11.9. The van der Waals surface area contributed by atoms with Gasteiger partial charge >= 0.3 is 0 Å². The lowest BCUT2D eigenvalue weighted by Crippen LogP contribution is -2.13. The zero-order chi connectivity index (χ0) is 12.6. The van der Waals surface area contributed by atoms with Gasteiger partial charge in [-0.2, -0.15) is 0 Å². The van der Waals surface area contributed by atoms with Crippen LogP contribution in [0.5, 0.6) is 0 Å². The minimum absolute atomic E-state index is 0.171. The van der Waals surface area contributed by atoms with Crippen molar-refractivity contribution >= 4 is 10.9 Å². The Kier molecular flexibility index (Phi) is 3.05. The second kappa shape index (κ2) is 4.36. The van der Waals surface area contributed by atoms with E-state index in [9.17, 15) is 4.79 Å². The van der Waals surface area contributed by atoms with Gasteiger partial charge in [-0.15, -0.1) is 0 Å². The molecule has 0 aliphatic rings. The number of nitrogens with zero attached hydrogens (tertiary/aromatic N) is 1. The maximum Gasteiger partial charge on any atom is 0.192 e. The summed E-state index contributed by atoms with van der Waals surface area (Å²) in [6.45, 7) is 9.11. The molecule has 2 aromatic rings. The number of hydrogen-bond acceptors (Lipinski definition) is 1. The summed E-state index contributed by atoms with van der Waals surface area (Å²) in [5.74, 6) is 0. The van der Waals surface area contributed by atoms with Gasteiger partial charge in [-0.25, -0.2) is 0 Å². The molecule has 0 radical (unpaired) electrons. The molecule has 0 aliphatic heterocycles. The molecule has 0 saturated carbocycles. The molecule has 90 valence electrons. The molecule has 1 heterocycles. The fraction of sp³-hybridized carbons (Fsp3) is 0.400. The Balaban J connectivity index is 2.93. The molecule has 2 rings (SSSR count). The predicted molar refractivity (Wildman–Crippen MR) is 72.7 cm³/mol. The van der Waals surface area contributed by atoms with E-state index in [4.69, 9.17) is 0 Å². The van der Waals surface area contributed by atoms with Crippen molar-refractivity contribution in [3.63, 3.8) is 0 Å². The Morgan fingerprint density at radius 3 is 2.47 bits per heavy atom. The topological polar surface area (TPSA) is 22.0 Å². The van der Waals surface area contributed by atoms with Crippen LogP contribution in [0.2, 0.25) is 0 Å². The van der Waals surface area contributed by atoms with Crippen LogP contribution in [-0.4, -0.2) is 4.57 Å². The van der Waals surface area contributed by atoms with Crippen LogP contribution in [0.25, 0.3) is 10.9 Å². The summed E-state index contributed by atoms with van der Waals surface area (Å²) in [6, 6.07) is 4.19. The monoisotopic (exact) mass is 229 g/mol. The smallest absolute Gasteiger partial charge is 0.192 e. The summed E-state index contributed by atoms with van der Waals surface area (Å²) in [5, 5.41) is 0.879. The van der Waals surface area contributed by atoms with Gasteiger partial charge in [-0.1, -0.05) is 13.0 Å². The highest BCUT2D eigenvalue weighted by Crippen LogP contribution is 2.18. The largest absolute Gasteiger partial charge is 0.347 e. The first-order chi connectivity index (χ1) is 8.04. The van der Waals surface area contributed by atoms with Gasteiger partial charge in [0.15, 0.2) is 5.43 Å². The fourth-order valence-corrected chi connectivity index (χ4v) is 2.45. The highest BCUT2D eigenvalue weighted by atomic mass is 16.1. The van der Waals surface area contributed by atoms with E-state index in [2.05, 4.69) is 30.5 Å². The maximum absolute atomic E-state index is 12.2. The number of rotatable bonds is 2. The Hall–Kier alpha value is -1.57. The molecule has 0 aliphatic carbocycles. The van der Waals surface area contributed by atoms with Crippen LogP contribution in [0.4, 0.5) is 0 Å². The second-order valence-electron chi connectivity index (χ2n) is 4.81. The third-order valence-corrected chi connectivity index (χ3v) is 3.17. The molecule has 0 amide bonds. The first-order valence-electron chi connectivity index (χ1n) is 6.15. The van der Waals surface area contributed by atoms with Crippen LogP contribution in [0.15, 0.2) is 23.1 Å². The highest BCUT2D eigenvalue weighted by Gasteiger charge is 2.08. The molecule has 0 N–H and O–H groups in total. The summed E-state index contributed by atoms with van der Waals surface area (Å²) >= 11 is 0. The van der Waals surface area contributed by atoms with Gasteiger partial charge in [0.05, 0.1) is 5.52 Å². The van der Waals surface area contributed by atoms with Crippen molar-refractivity contribution in [3.8, 4) is 0 Å². The van der Waals surface area contributed by atoms with Crippen LogP contribution in [0.3, 0.4) is 0 Å². The Labute approximate surface area is 102 Å². The minimum atomic E-state index is 0.171. The molecule has 1 aromatic heterocycles. The Morgan fingerprint density at radius 2 is 1.82 bits per heavy atom. The highest BCUT2D eigenvalue weighted by molar-refractivity contribution is 5.83. The van der Waals surface area contributed by atoms with Gasteiger partial charge in [0.2, 0.25) is 0 Å². The fourth-order valence-electron chi connectivity index (χ4n) is 2.45. The van der Waals surface area contributed by atoms with Gasteiger partial charge in [0.1, 0.15) is 0 Å². The molecule has 0 fully saturated rings. The lowest BCUT2D eigenvalue weighted by Gasteiger charge is -2.13. The van der Waals surface area contributed by atoms with Crippen molar-refractivity contribution in [2.24, 2.45) is 0 Å². The van der Waals surface area contributed by atoms with Crippen molar-refractivity contribution < 1.29 is 0 Å². The first-order valence-corrected chi connectivity index (χ1v) is 6.15. The van der Waals surface area contributed by atoms with Crippen molar-refractivity contribution in [1.82, 2.24) is 4.57 Å². The Morgan fingerprint density at radius 1 is 1.12 bits per heavy atom. The van der Waals surface area contributed by atoms with Gasteiger partial charge in [0, 0.05) is 23.7 Å². The predicted octanol–water partition coefficient (Wildman–Crippen LogP) is 3.34. The average Bonchev–Trinajstić information content (AvgIpc) is 2.25. The van der Waals surface area contributed by atoms with Crippen molar-refractivity contribution in [2.45, 2.75) is 40.7 Å². The van der Waals surface area contributed by atoms with Gasteiger partial charge < -0.3 is 4.57 Å². The van der Waals surface area contributed by atoms with Gasteiger partial charge in [0.25, 0.3) is 0 Å². The number of aromatic nitrogens is 1. The lowest BCUT2D eigenvalue weighted by atomic mass is 10.0. The number of pyridine rings is 1. The number of benzene rings is 1. The van der Waals surface area contributed by atoms with Crippen molar-refractivity contribution in [1.29, 1.82) is 0 Å². The van der Waals surface area contributed by atoms with Crippen LogP contribution >= 0.6 is 0 Å². The summed E-state index contributed by atoms with van der Waals surface area (Å²) in [6.07, 6.45) is 3.05. The van der Waals surface area contributed by atoms with E-state index >= 15 is 0 Å². The lowest BCUT2D eigenvalue weighted by molar-refractivity contribution is 0.694. The van der Waals surface area contributed by atoms with E-state index in [-0.39, 0.29) is 5.43 Å². The third kappa shape index (κ3) is 1.99. The summed E-state index contributed by atoms with van der Waals surface area (Å²) in [4.78, 5) is 12.2. The van der Waals surface area contributed by atoms with E-state index in [1.807, 2.05) is 20.0 Å². The number of fused-ring (bicyclic) bond motifs is 1. The van der Waals surface area contributed by atoms with Crippen molar-refractivity contribution in [3.05, 3.63) is 45.2 Å².